The summed E-state index contributed by atoms with van der Waals surface area (Å²) in [5.41, 5.74) is 1.97. The number of rotatable bonds is 1. The summed E-state index contributed by atoms with van der Waals surface area (Å²) in [6.45, 7) is 15.0. The molecular formula is C23H36N2O3S. The molecule has 0 saturated carbocycles. The van der Waals surface area contributed by atoms with Crippen molar-refractivity contribution >= 4 is 23.3 Å². The number of amides is 2. The van der Waals surface area contributed by atoms with Crippen LogP contribution in [0.15, 0.2) is 5.38 Å². The molecule has 1 aromatic heterocycles. The smallest absolute Gasteiger partial charge is 0.410 e. The van der Waals surface area contributed by atoms with E-state index in [1.807, 2.05) is 25.7 Å². The number of nitrogens with zero attached hydrogens (tertiary/aromatic N) is 2. The van der Waals surface area contributed by atoms with Crippen LogP contribution in [0.25, 0.3) is 0 Å². The molecular weight excluding hydrogens is 384 g/mol. The minimum atomic E-state index is -0.500. The third-order valence-corrected chi connectivity index (χ3v) is 7.10. The van der Waals surface area contributed by atoms with Crippen molar-refractivity contribution in [1.82, 2.24) is 9.80 Å². The summed E-state index contributed by atoms with van der Waals surface area (Å²) in [4.78, 5) is 30.7. The summed E-state index contributed by atoms with van der Waals surface area (Å²) < 4.78 is 5.50. The standard InChI is InChI=1S/C23H36N2O3S/c1-22(2,3)16-8-9-17-18(15-29-19(17)14-16)20(26)24-10-7-11-25(13-12-24)21(27)28-23(4,5)6/h15-16H,7-14H2,1-6H3. The molecule has 1 aliphatic heterocycles. The molecule has 3 rings (SSSR count). The van der Waals surface area contributed by atoms with Crippen molar-refractivity contribution < 1.29 is 14.3 Å². The van der Waals surface area contributed by atoms with E-state index in [9.17, 15) is 9.59 Å². The summed E-state index contributed by atoms with van der Waals surface area (Å²) in [6.07, 6.45) is 3.74. The molecule has 2 aliphatic rings. The molecule has 1 atom stereocenters. The summed E-state index contributed by atoms with van der Waals surface area (Å²) in [5, 5.41) is 2.06. The number of carbonyl (C=O) groups excluding carboxylic acids is 2. The van der Waals surface area contributed by atoms with Crippen LogP contribution < -0.4 is 0 Å². The van der Waals surface area contributed by atoms with Gasteiger partial charge in [0.05, 0.1) is 5.56 Å². The van der Waals surface area contributed by atoms with Gasteiger partial charge in [0.1, 0.15) is 5.60 Å². The fraction of sp³-hybridized carbons (Fsp3) is 0.739. The Kier molecular flexibility index (Phi) is 6.32. The lowest BCUT2D eigenvalue weighted by Gasteiger charge is -2.34. The van der Waals surface area contributed by atoms with Gasteiger partial charge in [-0.3, -0.25) is 4.79 Å². The summed E-state index contributed by atoms with van der Waals surface area (Å²) in [5.74, 6) is 0.805. The zero-order chi connectivity index (χ0) is 21.4. The summed E-state index contributed by atoms with van der Waals surface area (Å²) >= 11 is 1.75. The van der Waals surface area contributed by atoms with Crippen LogP contribution in [-0.4, -0.2) is 53.6 Å². The van der Waals surface area contributed by atoms with Gasteiger partial charge in [0.25, 0.3) is 5.91 Å². The van der Waals surface area contributed by atoms with Crippen LogP contribution in [0.3, 0.4) is 0 Å². The van der Waals surface area contributed by atoms with Gasteiger partial charge in [0.2, 0.25) is 0 Å². The van der Waals surface area contributed by atoms with Crippen LogP contribution in [0.2, 0.25) is 0 Å². The number of hydrogen-bond acceptors (Lipinski definition) is 4. The maximum atomic E-state index is 13.3. The van der Waals surface area contributed by atoms with Crippen LogP contribution in [-0.2, 0) is 17.6 Å². The molecule has 6 heteroatoms. The van der Waals surface area contributed by atoms with Crippen LogP contribution in [0, 0.1) is 11.3 Å². The van der Waals surface area contributed by atoms with Gasteiger partial charge in [0.15, 0.2) is 0 Å². The highest BCUT2D eigenvalue weighted by Gasteiger charge is 2.33. The number of ether oxygens (including phenoxy) is 1. The van der Waals surface area contributed by atoms with Crippen molar-refractivity contribution in [3.63, 3.8) is 0 Å². The highest BCUT2D eigenvalue weighted by molar-refractivity contribution is 7.10. The molecule has 0 aromatic carbocycles. The predicted octanol–water partition coefficient (Wildman–Crippen LogP) is 4.98. The monoisotopic (exact) mass is 420 g/mol. The van der Waals surface area contributed by atoms with Gasteiger partial charge < -0.3 is 14.5 Å². The topological polar surface area (TPSA) is 49.9 Å². The van der Waals surface area contributed by atoms with Crippen molar-refractivity contribution in [3.05, 3.63) is 21.4 Å². The molecule has 0 bridgehead atoms. The molecule has 2 amide bonds. The van der Waals surface area contributed by atoms with Crippen molar-refractivity contribution in [2.45, 2.75) is 72.8 Å². The van der Waals surface area contributed by atoms with E-state index >= 15 is 0 Å². The van der Waals surface area contributed by atoms with E-state index in [1.165, 1.54) is 10.4 Å². The molecule has 1 aliphatic carbocycles. The Labute approximate surface area is 179 Å². The van der Waals surface area contributed by atoms with Gasteiger partial charge in [-0.1, -0.05) is 20.8 Å². The Bertz CT molecular complexity index is 757. The van der Waals surface area contributed by atoms with Crippen LogP contribution >= 0.6 is 11.3 Å². The number of hydrogen-bond donors (Lipinski definition) is 0. The zero-order valence-electron chi connectivity index (χ0n) is 18.8. The predicted molar refractivity (Wildman–Crippen MR) is 118 cm³/mol. The van der Waals surface area contributed by atoms with Gasteiger partial charge in [0, 0.05) is 36.4 Å². The quantitative estimate of drug-likeness (QED) is 0.644. The Morgan fingerprint density at radius 2 is 1.69 bits per heavy atom. The average Bonchev–Trinajstić information content (AvgIpc) is 2.86. The van der Waals surface area contributed by atoms with E-state index in [-0.39, 0.29) is 12.0 Å². The first-order valence-corrected chi connectivity index (χ1v) is 11.7. The molecule has 0 N–H and O–H groups in total. The maximum absolute atomic E-state index is 13.3. The normalized spacial score (nSPS) is 20.8. The second kappa shape index (κ2) is 8.29. The fourth-order valence-electron chi connectivity index (χ4n) is 4.23. The Balaban J connectivity index is 1.65. The van der Waals surface area contributed by atoms with Gasteiger partial charge in [-0.25, -0.2) is 4.79 Å². The largest absolute Gasteiger partial charge is 0.444 e. The van der Waals surface area contributed by atoms with E-state index in [0.717, 1.165) is 31.2 Å². The Morgan fingerprint density at radius 1 is 1.03 bits per heavy atom. The Hall–Kier alpha value is -1.56. The first-order valence-electron chi connectivity index (χ1n) is 10.8. The SMILES string of the molecule is CC(C)(C)OC(=O)N1CCCN(C(=O)c2csc3c2CCC(C(C)(C)C)C3)CC1. The van der Waals surface area contributed by atoms with Gasteiger partial charge in [-0.2, -0.15) is 0 Å². The van der Waals surface area contributed by atoms with E-state index < -0.39 is 5.60 Å². The highest BCUT2D eigenvalue weighted by atomic mass is 32.1. The summed E-state index contributed by atoms with van der Waals surface area (Å²) in [6, 6.07) is 0. The molecule has 0 spiro atoms. The van der Waals surface area contributed by atoms with Gasteiger partial charge in [-0.15, -0.1) is 11.3 Å². The zero-order valence-corrected chi connectivity index (χ0v) is 19.7. The molecule has 1 aromatic rings. The number of thiophene rings is 1. The second-order valence-corrected chi connectivity index (χ2v) is 11.4. The number of fused-ring (bicyclic) bond motifs is 1. The first kappa shape index (κ1) is 22.1. The molecule has 1 fully saturated rings. The molecule has 0 radical (unpaired) electrons. The molecule has 5 nitrogen and oxygen atoms in total. The minimum Gasteiger partial charge on any atom is -0.444 e. The third kappa shape index (κ3) is 5.33. The number of carbonyl (C=O) groups is 2. The fourth-order valence-corrected chi connectivity index (χ4v) is 5.39. The van der Waals surface area contributed by atoms with Gasteiger partial charge >= 0.3 is 6.09 Å². The Morgan fingerprint density at radius 3 is 2.34 bits per heavy atom. The van der Waals surface area contributed by atoms with E-state index in [1.54, 1.807) is 16.2 Å². The molecule has 162 valence electrons. The van der Waals surface area contributed by atoms with E-state index in [0.29, 0.717) is 37.5 Å². The first-order chi connectivity index (χ1) is 13.5. The highest BCUT2D eigenvalue weighted by Crippen LogP contribution is 2.40. The van der Waals surface area contributed by atoms with E-state index in [2.05, 4.69) is 26.2 Å². The maximum Gasteiger partial charge on any atom is 0.410 e. The lowest BCUT2D eigenvalue weighted by molar-refractivity contribution is 0.0255. The van der Waals surface area contributed by atoms with Crippen LogP contribution in [0.1, 0.15) is 75.2 Å². The van der Waals surface area contributed by atoms with Gasteiger partial charge in [-0.05, 0) is 63.4 Å². The molecule has 2 heterocycles. The van der Waals surface area contributed by atoms with Crippen molar-refractivity contribution in [1.29, 1.82) is 0 Å². The third-order valence-electron chi connectivity index (χ3n) is 6.05. The molecule has 29 heavy (non-hydrogen) atoms. The molecule has 1 unspecified atom stereocenters. The van der Waals surface area contributed by atoms with Crippen LogP contribution in [0.4, 0.5) is 4.79 Å². The summed E-state index contributed by atoms with van der Waals surface area (Å²) in [7, 11) is 0. The lowest BCUT2D eigenvalue weighted by Crippen LogP contribution is -2.40. The molecule has 1 saturated heterocycles. The lowest BCUT2D eigenvalue weighted by atomic mass is 9.72. The van der Waals surface area contributed by atoms with Crippen molar-refractivity contribution in [2.75, 3.05) is 26.2 Å². The minimum absolute atomic E-state index is 0.128. The van der Waals surface area contributed by atoms with Crippen molar-refractivity contribution in [3.8, 4) is 0 Å². The van der Waals surface area contributed by atoms with Crippen molar-refractivity contribution in [2.24, 2.45) is 11.3 Å². The average molecular weight is 421 g/mol. The van der Waals surface area contributed by atoms with Crippen LogP contribution in [0.5, 0.6) is 0 Å². The second-order valence-electron chi connectivity index (χ2n) is 10.5. The van der Waals surface area contributed by atoms with E-state index in [4.69, 9.17) is 4.74 Å².